The average Bonchev–Trinajstić information content (AvgIpc) is 3.25. The molecule has 0 radical (unpaired) electrons. The Morgan fingerprint density at radius 1 is 1.17 bits per heavy atom. The molecule has 1 aliphatic rings. The van der Waals surface area contributed by atoms with E-state index in [-0.39, 0.29) is 5.56 Å². The van der Waals surface area contributed by atoms with Gasteiger partial charge < -0.3 is 10.3 Å². The van der Waals surface area contributed by atoms with Gasteiger partial charge in [0.05, 0.1) is 5.52 Å². The zero-order valence-corrected chi connectivity index (χ0v) is 14.0. The minimum absolute atomic E-state index is 0.151. The minimum Gasteiger partial charge on any atom is -0.338 e. The Labute approximate surface area is 143 Å². The van der Waals surface area contributed by atoms with Gasteiger partial charge in [0.1, 0.15) is 5.39 Å². The Morgan fingerprint density at radius 2 is 1.96 bits per heavy atom. The molecule has 4 rings (SSSR count). The topological polar surface area (TPSA) is 76.8 Å². The van der Waals surface area contributed by atoms with Crippen LogP contribution >= 0.6 is 11.9 Å². The number of aromatic nitrogens is 3. The predicted molar refractivity (Wildman–Crippen MR) is 98.5 cm³/mol. The highest BCUT2D eigenvalue weighted by atomic mass is 32.2. The van der Waals surface area contributed by atoms with E-state index in [0.717, 1.165) is 17.0 Å². The van der Waals surface area contributed by atoms with E-state index in [2.05, 4.69) is 36.9 Å². The van der Waals surface area contributed by atoms with Crippen molar-refractivity contribution < 1.29 is 0 Å². The van der Waals surface area contributed by atoms with Crippen LogP contribution in [0.5, 0.6) is 0 Å². The standard InChI is InChI=1S/C17H19N5OS/c23-17-15-14(7-8-18-17)20-21-16(15)19-13-5-3-12(4-6-13)11-24-22-9-1-2-10-22/h3-8H,1-2,9-11H2,(H,18,23)(H2,19,20,21). The van der Waals surface area contributed by atoms with Crippen LogP contribution in [-0.2, 0) is 5.75 Å². The van der Waals surface area contributed by atoms with E-state index >= 15 is 0 Å². The number of nitrogens with zero attached hydrogens (tertiary/aromatic N) is 2. The van der Waals surface area contributed by atoms with Crippen molar-refractivity contribution in [2.75, 3.05) is 18.4 Å². The second kappa shape index (κ2) is 6.70. The molecule has 2 aromatic heterocycles. The first-order chi connectivity index (χ1) is 11.8. The summed E-state index contributed by atoms with van der Waals surface area (Å²) in [5, 5.41) is 10.8. The molecule has 7 heteroatoms. The van der Waals surface area contributed by atoms with Crippen LogP contribution < -0.4 is 10.9 Å². The summed E-state index contributed by atoms with van der Waals surface area (Å²) in [5.74, 6) is 1.54. The molecule has 1 fully saturated rings. The van der Waals surface area contributed by atoms with Crippen molar-refractivity contribution in [2.45, 2.75) is 18.6 Å². The van der Waals surface area contributed by atoms with Gasteiger partial charge in [-0.3, -0.25) is 14.2 Å². The molecule has 3 heterocycles. The lowest BCUT2D eigenvalue weighted by molar-refractivity contribution is 0.586. The number of rotatable bonds is 5. The number of anilines is 2. The Balaban J connectivity index is 1.45. The fourth-order valence-corrected chi connectivity index (χ4v) is 3.91. The van der Waals surface area contributed by atoms with Gasteiger partial charge in [-0.15, -0.1) is 0 Å². The van der Waals surface area contributed by atoms with Crippen LogP contribution in [0.1, 0.15) is 18.4 Å². The van der Waals surface area contributed by atoms with Crippen LogP contribution in [0, 0.1) is 0 Å². The number of H-pyrrole nitrogens is 2. The SMILES string of the molecule is O=c1[nH]ccc2[nH]nc(Nc3ccc(CSN4CCCC4)cc3)c12. The van der Waals surface area contributed by atoms with E-state index in [1.165, 1.54) is 31.5 Å². The van der Waals surface area contributed by atoms with E-state index in [4.69, 9.17) is 0 Å². The van der Waals surface area contributed by atoms with Crippen LogP contribution in [0.15, 0.2) is 41.3 Å². The van der Waals surface area contributed by atoms with Gasteiger partial charge in [-0.2, -0.15) is 5.10 Å². The van der Waals surface area contributed by atoms with Crippen molar-refractivity contribution in [1.29, 1.82) is 0 Å². The van der Waals surface area contributed by atoms with Crippen molar-refractivity contribution in [3.63, 3.8) is 0 Å². The molecule has 0 bridgehead atoms. The second-order valence-corrected chi connectivity index (χ2v) is 6.96. The monoisotopic (exact) mass is 341 g/mol. The number of benzene rings is 1. The molecule has 1 aliphatic heterocycles. The first kappa shape index (κ1) is 15.3. The molecule has 0 unspecified atom stereocenters. The predicted octanol–water partition coefficient (Wildman–Crippen LogP) is 3.24. The Bertz CT molecular complexity index is 880. The molecule has 0 spiro atoms. The average molecular weight is 341 g/mol. The van der Waals surface area contributed by atoms with Crippen LogP contribution in [0.2, 0.25) is 0 Å². The number of hydrogen-bond acceptors (Lipinski definition) is 5. The van der Waals surface area contributed by atoms with Gasteiger partial charge in [0, 0.05) is 30.7 Å². The normalized spacial score (nSPS) is 15.2. The van der Waals surface area contributed by atoms with E-state index in [1.54, 1.807) is 12.3 Å². The maximum Gasteiger partial charge on any atom is 0.261 e. The Kier molecular flexibility index (Phi) is 4.27. The molecule has 1 aromatic carbocycles. The van der Waals surface area contributed by atoms with Crippen molar-refractivity contribution in [3.8, 4) is 0 Å². The molecular formula is C17H19N5OS. The molecule has 0 amide bonds. The van der Waals surface area contributed by atoms with Crippen LogP contribution in [0.3, 0.4) is 0 Å². The largest absolute Gasteiger partial charge is 0.338 e. The van der Waals surface area contributed by atoms with E-state index in [9.17, 15) is 4.79 Å². The van der Waals surface area contributed by atoms with Crippen molar-refractivity contribution in [3.05, 3.63) is 52.4 Å². The summed E-state index contributed by atoms with van der Waals surface area (Å²) in [6.45, 7) is 2.40. The van der Waals surface area contributed by atoms with Gasteiger partial charge >= 0.3 is 0 Å². The molecule has 0 atom stereocenters. The van der Waals surface area contributed by atoms with Crippen LogP contribution in [0.25, 0.3) is 10.9 Å². The minimum atomic E-state index is -0.151. The van der Waals surface area contributed by atoms with Crippen LogP contribution in [0.4, 0.5) is 11.5 Å². The third kappa shape index (κ3) is 3.18. The van der Waals surface area contributed by atoms with Gasteiger partial charge in [0.15, 0.2) is 5.82 Å². The summed E-state index contributed by atoms with van der Waals surface area (Å²) in [4.78, 5) is 14.6. The van der Waals surface area contributed by atoms with Gasteiger partial charge in [0.25, 0.3) is 5.56 Å². The third-order valence-corrected chi connectivity index (χ3v) is 5.37. The molecule has 0 saturated carbocycles. The maximum atomic E-state index is 12.0. The van der Waals surface area contributed by atoms with Crippen molar-refractivity contribution in [2.24, 2.45) is 0 Å². The lowest BCUT2D eigenvalue weighted by Gasteiger charge is -2.13. The molecule has 124 valence electrons. The van der Waals surface area contributed by atoms with E-state index in [0.29, 0.717) is 11.2 Å². The summed E-state index contributed by atoms with van der Waals surface area (Å²) in [6, 6.07) is 10.1. The fraction of sp³-hybridized carbons (Fsp3) is 0.294. The van der Waals surface area contributed by atoms with E-state index in [1.807, 2.05) is 24.1 Å². The number of aromatic amines is 2. The first-order valence-electron chi connectivity index (χ1n) is 8.09. The number of fused-ring (bicyclic) bond motifs is 1. The second-order valence-electron chi connectivity index (χ2n) is 5.90. The molecule has 3 N–H and O–H groups in total. The summed E-state index contributed by atoms with van der Waals surface area (Å²) in [5.41, 5.74) is 2.78. The summed E-state index contributed by atoms with van der Waals surface area (Å²) in [7, 11) is 0. The highest BCUT2D eigenvalue weighted by Gasteiger charge is 2.12. The van der Waals surface area contributed by atoms with Gasteiger partial charge in [0.2, 0.25) is 0 Å². The van der Waals surface area contributed by atoms with Crippen molar-refractivity contribution in [1.82, 2.24) is 19.5 Å². The van der Waals surface area contributed by atoms with Gasteiger partial charge in [-0.1, -0.05) is 24.1 Å². The number of pyridine rings is 1. The molecule has 24 heavy (non-hydrogen) atoms. The lowest BCUT2D eigenvalue weighted by Crippen LogP contribution is -2.09. The lowest BCUT2D eigenvalue weighted by atomic mass is 10.2. The zero-order valence-electron chi connectivity index (χ0n) is 13.2. The highest BCUT2D eigenvalue weighted by Crippen LogP contribution is 2.24. The van der Waals surface area contributed by atoms with Crippen molar-refractivity contribution >= 4 is 34.4 Å². The smallest absolute Gasteiger partial charge is 0.261 e. The fourth-order valence-electron chi connectivity index (χ4n) is 2.87. The first-order valence-corrected chi connectivity index (χ1v) is 9.03. The summed E-state index contributed by atoms with van der Waals surface area (Å²) < 4.78 is 2.44. The molecular weight excluding hydrogens is 322 g/mol. The Morgan fingerprint density at radius 3 is 2.75 bits per heavy atom. The number of nitrogens with one attached hydrogen (secondary N) is 3. The summed E-state index contributed by atoms with van der Waals surface area (Å²) >= 11 is 1.90. The van der Waals surface area contributed by atoms with E-state index < -0.39 is 0 Å². The third-order valence-electron chi connectivity index (χ3n) is 4.18. The highest BCUT2D eigenvalue weighted by molar-refractivity contribution is 7.96. The molecule has 3 aromatic rings. The zero-order chi connectivity index (χ0) is 16.4. The molecule has 0 aliphatic carbocycles. The van der Waals surface area contributed by atoms with Crippen LogP contribution in [-0.4, -0.2) is 32.6 Å². The van der Waals surface area contributed by atoms with Gasteiger partial charge in [-0.05, 0) is 36.6 Å². The number of hydrogen-bond donors (Lipinski definition) is 3. The van der Waals surface area contributed by atoms with Gasteiger partial charge in [-0.25, -0.2) is 0 Å². The summed E-state index contributed by atoms with van der Waals surface area (Å²) in [6.07, 6.45) is 4.23. The molecule has 6 nitrogen and oxygen atoms in total. The molecule has 1 saturated heterocycles. The Hall–Kier alpha value is -2.25. The maximum absolute atomic E-state index is 12.0. The quantitative estimate of drug-likeness (QED) is 0.621.